The highest BCUT2D eigenvalue weighted by atomic mass is 16.7. The molecule has 0 atom stereocenters. The van der Waals surface area contributed by atoms with Gasteiger partial charge < -0.3 is 19.1 Å². The van der Waals surface area contributed by atoms with E-state index in [0.29, 0.717) is 24.5 Å². The molecule has 178 valence electrons. The molecular weight excluding hydrogens is 432 g/mol. The number of hydrogen-bond acceptors (Lipinski definition) is 4. The van der Waals surface area contributed by atoms with Crippen molar-refractivity contribution in [3.8, 4) is 11.5 Å². The number of carbonyl (C=O) groups is 2. The summed E-state index contributed by atoms with van der Waals surface area (Å²) < 4.78 is 13.2. The Bertz CT molecular complexity index is 1270. The molecule has 1 N–H and O–H groups in total. The molecule has 0 spiro atoms. The van der Waals surface area contributed by atoms with Gasteiger partial charge in [-0.1, -0.05) is 20.8 Å². The van der Waals surface area contributed by atoms with Gasteiger partial charge in [-0.05, 0) is 55.7 Å². The molecular formula is C27H30N2O5. The second kappa shape index (κ2) is 8.38. The summed E-state index contributed by atoms with van der Waals surface area (Å²) in [7, 11) is 0. The van der Waals surface area contributed by atoms with E-state index in [4.69, 9.17) is 14.6 Å². The predicted octanol–water partition coefficient (Wildman–Crippen LogP) is 5.61. The number of fused-ring (bicyclic) bond motifs is 2. The molecule has 1 aromatic heterocycles. The Hall–Kier alpha value is -3.48. The van der Waals surface area contributed by atoms with Crippen molar-refractivity contribution in [3.63, 3.8) is 0 Å². The first kappa shape index (κ1) is 22.3. The smallest absolute Gasteiger partial charge is 0.303 e. The Morgan fingerprint density at radius 2 is 1.74 bits per heavy atom. The first-order valence-electron chi connectivity index (χ1n) is 11.8. The van der Waals surface area contributed by atoms with Crippen LogP contribution in [0.2, 0.25) is 0 Å². The molecule has 0 radical (unpaired) electrons. The van der Waals surface area contributed by atoms with E-state index in [-0.39, 0.29) is 30.5 Å². The summed E-state index contributed by atoms with van der Waals surface area (Å²) in [5.74, 6) is 0.689. The number of ether oxygens (including phenoxy) is 2. The molecule has 7 heteroatoms. The Morgan fingerprint density at radius 3 is 2.44 bits per heavy atom. The zero-order chi connectivity index (χ0) is 24.0. The number of nitrogens with zero attached hydrogens (tertiary/aromatic N) is 2. The van der Waals surface area contributed by atoms with Gasteiger partial charge in [-0.25, -0.2) is 0 Å². The third-order valence-corrected chi connectivity index (χ3v) is 6.45. The van der Waals surface area contributed by atoms with Crippen molar-refractivity contribution in [2.45, 2.75) is 58.4 Å². The van der Waals surface area contributed by atoms with Gasteiger partial charge in [-0.2, -0.15) is 0 Å². The summed E-state index contributed by atoms with van der Waals surface area (Å²) in [6.07, 6.45) is 2.52. The molecule has 0 saturated heterocycles. The van der Waals surface area contributed by atoms with Crippen LogP contribution in [-0.4, -0.2) is 28.3 Å². The number of aliphatic carboxylic acids is 1. The molecule has 0 unspecified atom stereocenters. The maximum Gasteiger partial charge on any atom is 0.303 e. The number of carbonyl (C=O) groups excluding carboxylic acids is 1. The van der Waals surface area contributed by atoms with Gasteiger partial charge in [0.15, 0.2) is 11.5 Å². The zero-order valence-electron chi connectivity index (χ0n) is 19.8. The van der Waals surface area contributed by atoms with Crippen LogP contribution in [0.5, 0.6) is 11.5 Å². The van der Waals surface area contributed by atoms with Crippen LogP contribution < -0.4 is 14.4 Å². The van der Waals surface area contributed by atoms with Crippen molar-refractivity contribution in [2.75, 3.05) is 11.7 Å². The molecule has 34 heavy (non-hydrogen) atoms. The van der Waals surface area contributed by atoms with Crippen LogP contribution >= 0.6 is 0 Å². The molecule has 1 aliphatic carbocycles. The van der Waals surface area contributed by atoms with Crippen LogP contribution in [-0.2, 0) is 21.5 Å². The molecule has 2 heterocycles. The second-order valence-electron chi connectivity index (χ2n) is 10.2. The van der Waals surface area contributed by atoms with Crippen LogP contribution in [0.3, 0.4) is 0 Å². The quantitative estimate of drug-likeness (QED) is 0.494. The van der Waals surface area contributed by atoms with E-state index in [1.807, 2.05) is 30.3 Å². The van der Waals surface area contributed by atoms with Crippen LogP contribution in [0.25, 0.3) is 10.9 Å². The fraction of sp³-hybridized carbons (Fsp3) is 0.407. The number of rotatable bonds is 7. The summed E-state index contributed by atoms with van der Waals surface area (Å²) in [6.45, 7) is 7.29. The molecule has 3 aromatic rings. The molecule has 0 bridgehead atoms. The highest BCUT2D eigenvalue weighted by molar-refractivity contribution is 6.04. The number of carboxylic acids is 1. The fourth-order valence-corrected chi connectivity index (χ4v) is 4.59. The van der Waals surface area contributed by atoms with Crippen molar-refractivity contribution >= 4 is 34.2 Å². The Balaban J connectivity index is 1.57. The minimum atomic E-state index is -0.783. The molecule has 1 saturated carbocycles. The van der Waals surface area contributed by atoms with Gasteiger partial charge in [0, 0.05) is 52.6 Å². The van der Waals surface area contributed by atoms with Crippen molar-refractivity contribution in [3.05, 3.63) is 48.2 Å². The lowest BCUT2D eigenvalue weighted by Crippen LogP contribution is -2.27. The average Bonchev–Trinajstić information content (AvgIpc) is 3.41. The monoisotopic (exact) mass is 462 g/mol. The Kier molecular flexibility index (Phi) is 5.50. The lowest BCUT2D eigenvalue weighted by molar-refractivity contribution is -0.137. The molecule has 7 nitrogen and oxygen atoms in total. The number of benzene rings is 2. The minimum absolute atomic E-state index is 0.0480. The number of amides is 1. The highest BCUT2D eigenvalue weighted by Gasteiger charge is 2.35. The van der Waals surface area contributed by atoms with Crippen molar-refractivity contribution in [2.24, 2.45) is 5.92 Å². The van der Waals surface area contributed by atoms with Crippen molar-refractivity contribution < 1.29 is 24.2 Å². The Labute approximate surface area is 198 Å². The predicted molar refractivity (Wildman–Crippen MR) is 130 cm³/mol. The summed E-state index contributed by atoms with van der Waals surface area (Å²) in [4.78, 5) is 26.2. The summed E-state index contributed by atoms with van der Waals surface area (Å²) in [5, 5.41) is 10.1. The first-order valence-corrected chi connectivity index (χ1v) is 11.8. The van der Waals surface area contributed by atoms with Crippen molar-refractivity contribution in [1.29, 1.82) is 0 Å². The van der Waals surface area contributed by atoms with E-state index in [2.05, 4.69) is 37.5 Å². The van der Waals surface area contributed by atoms with E-state index in [9.17, 15) is 9.59 Å². The molecule has 2 aromatic carbocycles. The molecule has 1 aliphatic heterocycles. The number of hydrogen-bond donors (Lipinski definition) is 1. The number of aryl methyl sites for hydroxylation is 1. The third-order valence-electron chi connectivity index (χ3n) is 6.45. The van der Waals surface area contributed by atoms with E-state index < -0.39 is 5.97 Å². The van der Waals surface area contributed by atoms with Gasteiger partial charge in [0.1, 0.15) is 0 Å². The van der Waals surface area contributed by atoms with Gasteiger partial charge >= 0.3 is 5.97 Å². The molecule has 1 amide bonds. The van der Waals surface area contributed by atoms with Crippen LogP contribution in [0, 0.1) is 5.92 Å². The summed E-state index contributed by atoms with van der Waals surface area (Å²) in [5.41, 5.74) is 3.66. The maximum absolute atomic E-state index is 13.4. The lowest BCUT2D eigenvalue weighted by Gasteiger charge is -2.24. The lowest BCUT2D eigenvalue weighted by atomic mass is 9.92. The van der Waals surface area contributed by atoms with E-state index in [0.717, 1.165) is 40.8 Å². The maximum atomic E-state index is 13.4. The SMILES string of the molecule is CC(C)(C)c1cc2cc(N(C(=O)C3CC3)c3ccc4c(c3)OCO4)ccc2n1CCCC(=O)O. The van der Waals surface area contributed by atoms with E-state index in [1.54, 1.807) is 4.90 Å². The zero-order valence-corrected chi connectivity index (χ0v) is 19.8. The second-order valence-corrected chi connectivity index (χ2v) is 10.2. The van der Waals surface area contributed by atoms with E-state index >= 15 is 0 Å². The molecule has 1 fully saturated rings. The fourth-order valence-electron chi connectivity index (χ4n) is 4.59. The number of aromatic nitrogens is 1. The van der Waals surface area contributed by atoms with E-state index in [1.165, 1.54) is 0 Å². The molecule has 5 rings (SSSR count). The average molecular weight is 463 g/mol. The highest BCUT2D eigenvalue weighted by Crippen LogP contribution is 2.42. The topological polar surface area (TPSA) is 81.0 Å². The van der Waals surface area contributed by atoms with Crippen LogP contribution in [0.15, 0.2) is 42.5 Å². The first-order chi connectivity index (χ1) is 16.2. The minimum Gasteiger partial charge on any atom is -0.481 e. The normalized spacial score (nSPS) is 15.0. The van der Waals surface area contributed by atoms with Gasteiger partial charge in [0.2, 0.25) is 12.7 Å². The van der Waals surface area contributed by atoms with Gasteiger partial charge in [0.25, 0.3) is 0 Å². The third kappa shape index (κ3) is 4.22. The summed E-state index contributed by atoms with van der Waals surface area (Å²) >= 11 is 0. The number of anilines is 2. The number of carboxylic acid groups (broad SMARTS) is 1. The molecule has 2 aliphatic rings. The largest absolute Gasteiger partial charge is 0.481 e. The summed E-state index contributed by atoms with van der Waals surface area (Å²) in [6, 6.07) is 13.9. The van der Waals surface area contributed by atoms with Gasteiger partial charge in [-0.15, -0.1) is 0 Å². The standard InChI is InChI=1S/C27H30N2O5/c1-27(2,3)24-14-18-13-19(8-10-21(18)28(24)12-4-5-25(30)31)29(26(32)17-6-7-17)20-9-11-22-23(15-20)34-16-33-22/h8-11,13-15,17H,4-7,12,16H2,1-3H3,(H,30,31). The van der Waals surface area contributed by atoms with Crippen LogP contribution in [0.1, 0.15) is 52.1 Å². The Morgan fingerprint density at radius 1 is 1.03 bits per heavy atom. The van der Waals surface area contributed by atoms with Gasteiger partial charge in [-0.3, -0.25) is 14.5 Å². The van der Waals surface area contributed by atoms with Gasteiger partial charge in [0.05, 0.1) is 5.69 Å². The van der Waals surface area contributed by atoms with Crippen molar-refractivity contribution in [1.82, 2.24) is 4.57 Å². The van der Waals surface area contributed by atoms with Crippen LogP contribution in [0.4, 0.5) is 11.4 Å².